The van der Waals surface area contributed by atoms with E-state index in [0.717, 1.165) is 0 Å². The van der Waals surface area contributed by atoms with Crippen LogP contribution in [0.1, 0.15) is 13.8 Å². The maximum Gasteiger partial charge on any atom is -0.0409 e. The van der Waals surface area contributed by atoms with Crippen molar-refractivity contribution in [1.82, 2.24) is 0 Å². The molecular weight excluding hydrogens is 112 g/mol. The minimum Gasteiger partial charge on any atom is -0.156 e. The number of thiol groups is 2. The summed E-state index contributed by atoms with van der Waals surface area (Å²) < 4.78 is 0. The average Bonchev–Trinajstić information content (AvgIpc) is 1.61. The normalized spacial score (nSPS) is 14.3. The van der Waals surface area contributed by atoms with Gasteiger partial charge in [0, 0.05) is 0 Å². The van der Waals surface area contributed by atoms with Crippen LogP contribution in [0.25, 0.3) is 0 Å². The third-order valence-electron chi connectivity index (χ3n) is 0.298. The molecule has 0 radical (unpaired) electrons. The number of hydrogen-bond donors (Lipinski definition) is 2. The Morgan fingerprint density at radius 1 is 1.00 bits per heavy atom. The molecule has 0 aliphatic rings. The third kappa shape index (κ3) is 4.44. The third-order valence-corrected chi connectivity index (χ3v) is 2.68. The fraction of sp³-hybridized carbons (Fsp3) is 0.500. The first kappa shape index (κ1) is 6.44. The molecular formula is C4H10S2. The standard InChI is InChI=1S/C4H10S2/c1-3-5-6-4-2/h3-6H,1-2H3. The van der Waals surface area contributed by atoms with E-state index in [-0.39, 0.29) is 0 Å². The highest BCUT2D eigenvalue weighted by Crippen LogP contribution is 1.95. The van der Waals surface area contributed by atoms with Gasteiger partial charge in [0.25, 0.3) is 0 Å². The van der Waals surface area contributed by atoms with E-state index in [4.69, 9.17) is 0 Å². The van der Waals surface area contributed by atoms with Crippen LogP contribution in [0.2, 0.25) is 0 Å². The first-order chi connectivity index (χ1) is 2.91. The molecule has 0 saturated carbocycles. The van der Waals surface area contributed by atoms with Gasteiger partial charge < -0.3 is 0 Å². The molecule has 0 rings (SSSR count). The summed E-state index contributed by atoms with van der Waals surface area (Å²) in [5.41, 5.74) is 0. The van der Waals surface area contributed by atoms with Crippen LogP contribution in [0, 0.1) is 0 Å². The smallest absolute Gasteiger partial charge is 0.0409 e. The monoisotopic (exact) mass is 122 g/mol. The molecule has 0 heterocycles. The first-order valence-electron chi connectivity index (χ1n) is 1.87. The van der Waals surface area contributed by atoms with Gasteiger partial charge in [0.15, 0.2) is 0 Å². The molecule has 0 atom stereocenters. The van der Waals surface area contributed by atoms with Gasteiger partial charge in [-0.15, -0.1) is 0 Å². The number of hydrogen-bond acceptors (Lipinski definition) is 0. The second-order valence-electron chi connectivity index (χ2n) is 0.747. The summed E-state index contributed by atoms with van der Waals surface area (Å²) >= 11 is 0. The van der Waals surface area contributed by atoms with Gasteiger partial charge in [-0.05, 0) is 13.8 Å². The van der Waals surface area contributed by atoms with Crippen molar-refractivity contribution >= 4 is 31.5 Å². The molecule has 0 aromatic carbocycles. The quantitative estimate of drug-likeness (QED) is 0.294. The van der Waals surface area contributed by atoms with Crippen molar-refractivity contribution < 1.29 is 0 Å². The van der Waals surface area contributed by atoms with Gasteiger partial charge in [-0.25, -0.2) is 0 Å². The molecule has 0 unspecified atom stereocenters. The Morgan fingerprint density at radius 2 is 1.33 bits per heavy atom. The Kier molecular flexibility index (Phi) is 5.84. The van der Waals surface area contributed by atoms with E-state index >= 15 is 0 Å². The van der Waals surface area contributed by atoms with E-state index in [2.05, 4.69) is 24.6 Å². The van der Waals surface area contributed by atoms with E-state index in [9.17, 15) is 0 Å². The minimum atomic E-state index is 1.40. The van der Waals surface area contributed by atoms with Gasteiger partial charge in [-0.2, -0.15) is 20.8 Å². The van der Waals surface area contributed by atoms with E-state index in [1.54, 1.807) is 0 Å². The van der Waals surface area contributed by atoms with Crippen LogP contribution in [0.15, 0.2) is 0 Å². The first-order valence-corrected chi connectivity index (χ1v) is 4.50. The summed E-state index contributed by atoms with van der Waals surface area (Å²) in [6.07, 6.45) is 0. The zero-order valence-electron chi connectivity index (χ0n) is 4.05. The zero-order valence-corrected chi connectivity index (χ0v) is 5.84. The zero-order chi connectivity index (χ0) is 4.83. The Morgan fingerprint density at radius 3 is 1.50 bits per heavy atom. The van der Waals surface area contributed by atoms with Crippen LogP contribution in [0.4, 0.5) is 0 Å². The van der Waals surface area contributed by atoms with Crippen molar-refractivity contribution in [2.75, 3.05) is 0 Å². The Bertz CT molecular complexity index is 53.9. The predicted molar refractivity (Wildman–Crippen MR) is 41.4 cm³/mol. The molecule has 6 heavy (non-hydrogen) atoms. The Hall–Kier alpha value is 0.440. The van der Waals surface area contributed by atoms with Crippen molar-refractivity contribution in [2.24, 2.45) is 0 Å². The molecule has 38 valence electrons. The van der Waals surface area contributed by atoms with Gasteiger partial charge in [-0.1, -0.05) is 10.7 Å². The highest BCUT2D eigenvalue weighted by Gasteiger charge is 1.45. The van der Waals surface area contributed by atoms with E-state index in [1.165, 1.54) is 20.8 Å². The van der Waals surface area contributed by atoms with Crippen molar-refractivity contribution in [3.8, 4) is 0 Å². The molecule has 0 spiro atoms. The van der Waals surface area contributed by atoms with Crippen LogP contribution in [0.5, 0.6) is 0 Å². The largest absolute Gasteiger partial charge is 0.156 e. The lowest BCUT2D eigenvalue weighted by Gasteiger charge is -1.66. The lowest BCUT2D eigenvalue weighted by molar-refractivity contribution is 2.14. The fourth-order valence-corrected chi connectivity index (χ4v) is 1.20. The van der Waals surface area contributed by atoms with Gasteiger partial charge >= 0.3 is 0 Å². The second kappa shape index (κ2) is 5.44. The lowest BCUT2D eigenvalue weighted by atomic mass is 11.0. The Labute approximate surface area is 45.9 Å². The van der Waals surface area contributed by atoms with Gasteiger partial charge in [0.1, 0.15) is 0 Å². The molecule has 2 heteroatoms. The highest BCUT2D eigenvalue weighted by molar-refractivity contribution is 8.73. The molecule has 0 aliphatic carbocycles. The summed E-state index contributed by atoms with van der Waals surface area (Å²) in [7, 11) is 2.81. The minimum absolute atomic E-state index is 1.40. The Balaban J connectivity index is 3.07. The summed E-state index contributed by atoms with van der Waals surface area (Å²) in [6, 6.07) is 0. The van der Waals surface area contributed by atoms with Crippen LogP contribution < -0.4 is 0 Å². The lowest BCUT2D eigenvalue weighted by Crippen LogP contribution is -1.40. The predicted octanol–water partition coefficient (Wildman–Crippen LogP) is 1.48. The van der Waals surface area contributed by atoms with Gasteiger partial charge in [0.2, 0.25) is 0 Å². The molecule has 0 saturated heterocycles. The summed E-state index contributed by atoms with van der Waals surface area (Å²) in [5, 5.41) is 4.28. The second-order valence-corrected chi connectivity index (χ2v) is 3.63. The van der Waals surface area contributed by atoms with Gasteiger partial charge in [0.05, 0.1) is 0 Å². The maximum atomic E-state index is 2.14. The molecule has 0 amide bonds. The van der Waals surface area contributed by atoms with E-state index in [1.807, 2.05) is 0 Å². The van der Waals surface area contributed by atoms with Crippen LogP contribution in [-0.2, 0) is 0 Å². The summed E-state index contributed by atoms with van der Waals surface area (Å²) in [4.78, 5) is 0. The van der Waals surface area contributed by atoms with E-state index in [0.29, 0.717) is 0 Å². The van der Waals surface area contributed by atoms with Crippen molar-refractivity contribution in [3.63, 3.8) is 0 Å². The maximum absolute atomic E-state index is 2.14. The molecule has 0 fully saturated rings. The van der Waals surface area contributed by atoms with Crippen molar-refractivity contribution in [2.45, 2.75) is 13.8 Å². The van der Waals surface area contributed by atoms with Gasteiger partial charge in [-0.3, -0.25) is 0 Å². The molecule has 0 aliphatic heterocycles. The summed E-state index contributed by atoms with van der Waals surface area (Å²) in [5.74, 6) is 0. The van der Waals surface area contributed by atoms with E-state index < -0.39 is 0 Å². The SMILES string of the molecule is CC=[SH][SH]=CC. The van der Waals surface area contributed by atoms with Crippen LogP contribution in [-0.4, -0.2) is 10.7 Å². The average molecular weight is 122 g/mol. The molecule has 0 N–H and O–H groups in total. The van der Waals surface area contributed by atoms with Crippen LogP contribution in [0.3, 0.4) is 0 Å². The molecule has 0 nitrogen and oxygen atoms in total. The topological polar surface area (TPSA) is 0 Å². The highest BCUT2D eigenvalue weighted by atomic mass is 33.1. The van der Waals surface area contributed by atoms with Crippen molar-refractivity contribution in [3.05, 3.63) is 0 Å². The number of rotatable bonds is 1. The van der Waals surface area contributed by atoms with Crippen molar-refractivity contribution in [1.29, 1.82) is 0 Å². The molecule has 0 bridgehead atoms. The van der Waals surface area contributed by atoms with Crippen LogP contribution >= 0.6 is 20.8 Å². The fourth-order valence-electron chi connectivity index (χ4n) is 0.133. The summed E-state index contributed by atoms with van der Waals surface area (Å²) in [6.45, 7) is 4.14. The molecule has 0 aromatic heterocycles. The molecule has 0 aromatic rings.